The molecule has 1 amide bonds. The van der Waals surface area contributed by atoms with Crippen molar-refractivity contribution < 1.29 is 13.2 Å². The second-order valence-corrected chi connectivity index (χ2v) is 10.8. The number of sulfonamides is 1. The fourth-order valence-electron chi connectivity index (χ4n) is 3.00. The molecule has 1 aromatic carbocycles. The molecule has 2 aromatic rings. The summed E-state index contributed by atoms with van der Waals surface area (Å²) in [4.78, 5) is 18.3. The molecular formula is C19H22BrN3O3S2. The van der Waals surface area contributed by atoms with Crippen LogP contribution in [0, 0.1) is 0 Å². The lowest BCUT2D eigenvalue weighted by Gasteiger charge is -2.34. The zero-order valence-corrected chi connectivity index (χ0v) is 18.5. The van der Waals surface area contributed by atoms with Gasteiger partial charge in [0.2, 0.25) is 10.0 Å². The van der Waals surface area contributed by atoms with E-state index in [9.17, 15) is 13.2 Å². The Hall–Kier alpha value is -1.52. The van der Waals surface area contributed by atoms with E-state index in [4.69, 9.17) is 0 Å². The van der Waals surface area contributed by atoms with Gasteiger partial charge in [-0.2, -0.15) is 0 Å². The molecule has 6 nitrogen and oxygen atoms in total. The van der Waals surface area contributed by atoms with E-state index >= 15 is 0 Å². The van der Waals surface area contributed by atoms with E-state index < -0.39 is 10.0 Å². The summed E-state index contributed by atoms with van der Waals surface area (Å²) in [7, 11) is -3.65. The van der Waals surface area contributed by atoms with Crippen LogP contribution in [-0.2, 0) is 16.6 Å². The molecule has 150 valence electrons. The minimum Gasteiger partial charge on any atom is -0.336 e. The lowest BCUT2D eigenvalue weighted by atomic mass is 10.2. The number of rotatable bonds is 7. The molecule has 1 N–H and O–H groups in total. The first kappa shape index (κ1) is 21.2. The Morgan fingerprint density at radius 3 is 2.61 bits per heavy atom. The van der Waals surface area contributed by atoms with Crippen molar-refractivity contribution in [2.45, 2.75) is 11.4 Å². The maximum atomic E-state index is 12.8. The van der Waals surface area contributed by atoms with Crippen molar-refractivity contribution in [3.63, 3.8) is 0 Å². The van der Waals surface area contributed by atoms with Crippen molar-refractivity contribution in [2.75, 3.05) is 32.7 Å². The molecule has 0 unspecified atom stereocenters. The number of benzene rings is 1. The normalized spacial score (nSPS) is 15.5. The van der Waals surface area contributed by atoms with E-state index in [1.54, 1.807) is 28.4 Å². The van der Waals surface area contributed by atoms with Gasteiger partial charge in [0.15, 0.2) is 0 Å². The van der Waals surface area contributed by atoms with Crippen LogP contribution in [0.15, 0.2) is 57.7 Å². The van der Waals surface area contributed by atoms with Crippen LogP contribution in [-0.4, -0.2) is 56.8 Å². The molecular weight excluding hydrogens is 462 g/mol. The monoisotopic (exact) mass is 483 g/mol. The molecule has 2 heterocycles. The van der Waals surface area contributed by atoms with E-state index in [-0.39, 0.29) is 17.3 Å². The largest absolute Gasteiger partial charge is 0.336 e. The molecule has 0 bridgehead atoms. The Morgan fingerprint density at radius 1 is 1.21 bits per heavy atom. The molecule has 1 aliphatic rings. The van der Waals surface area contributed by atoms with Gasteiger partial charge in [0.1, 0.15) is 0 Å². The first-order chi connectivity index (χ1) is 13.4. The molecule has 1 aliphatic heterocycles. The number of piperazine rings is 1. The zero-order valence-electron chi connectivity index (χ0n) is 15.3. The number of amides is 1. The zero-order chi connectivity index (χ0) is 20.1. The van der Waals surface area contributed by atoms with E-state index in [0.29, 0.717) is 18.7 Å². The summed E-state index contributed by atoms with van der Waals surface area (Å²) in [5.41, 5.74) is 0.386. The van der Waals surface area contributed by atoms with Gasteiger partial charge < -0.3 is 4.90 Å². The lowest BCUT2D eigenvalue weighted by Crippen LogP contribution is -2.48. The van der Waals surface area contributed by atoms with Crippen LogP contribution in [0.5, 0.6) is 0 Å². The van der Waals surface area contributed by atoms with E-state index in [1.807, 2.05) is 6.07 Å². The summed E-state index contributed by atoms with van der Waals surface area (Å²) in [5, 5.41) is 0. The fourth-order valence-corrected chi connectivity index (χ4v) is 5.57. The van der Waals surface area contributed by atoms with Gasteiger partial charge in [-0.3, -0.25) is 9.69 Å². The smallest absolute Gasteiger partial charge is 0.253 e. The molecule has 3 rings (SSSR count). The Morgan fingerprint density at radius 2 is 1.96 bits per heavy atom. The Kier molecular flexibility index (Phi) is 7.05. The number of hydrogen-bond acceptors (Lipinski definition) is 5. The Bertz CT molecular complexity index is 951. The highest BCUT2D eigenvalue weighted by Gasteiger charge is 2.23. The number of nitrogens with zero attached hydrogens (tertiary/aromatic N) is 2. The molecule has 1 saturated heterocycles. The van der Waals surface area contributed by atoms with E-state index in [1.165, 1.54) is 23.1 Å². The van der Waals surface area contributed by atoms with Crippen molar-refractivity contribution in [1.82, 2.24) is 14.5 Å². The summed E-state index contributed by atoms with van der Waals surface area (Å²) in [6, 6.07) is 10.3. The van der Waals surface area contributed by atoms with Crippen molar-refractivity contribution in [2.24, 2.45) is 0 Å². The molecule has 0 radical (unpaired) electrons. The van der Waals surface area contributed by atoms with Gasteiger partial charge in [0, 0.05) is 49.7 Å². The third kappa shape index (κ3) is 5.30. The van der Waals surface area contributed by atoms with Crippen LogP contribution >= 0.6 is 27.3 Å². The van der Waals surface area contributed by atoms with Crippen LogP contribution < -0.4 is 4.72 Å². The molecule has 0 spiro atoms. The third-order valence-electron chi connectivity index (χ3n) is 4.48. The minimum absolute atomic E-state index is 0.0853. The number of carbonyl (C=O) groups excluding carboxylic acids is 1. The minimum atomic E-state index is -3.65. The van der Waals surface area contributed by atoms with Gasteiger partial charge in [0.05, 0.1) is 8.68 Å². The first-order valence-corrected chi connectivity index (χ1v) is 11.9. The molecule has 1 fully saturated rings. The van der Waals surface area contributed by atoms with E-state index in [2.05, 4.69) is 38.2 Å². The van der Waals surface area contributed by atoms with Gasteiger partial charge >= 0.3 is 0 Å². The van der Waals surface area contributed by atoms with Gasteiger partial charge in [-0.1, -0.05) is 12.1 Å². The quantitative estimate of drug-likeness (QED) is 0.614. The predicted molar refractivity (Wildman–Crippen MR) is 115 cm³/mol. The molecule has 9 heteroatoms. The number of halogens is 1. The average Bonchev–Trinajstić information content (AvgIpc) is 3.11. The number of nitrogens with one attached hydrogen (secondary N) is 1. The standard InChI is InChI=1S/C19H22BrN3O3S2/c1-2-8-21-28(25,26)17-5-3-4-15(13-17)19(24)23-11-9-22(10-12-23)14-16-6-7-18(20)27-16/h2-7,13,21H,1,8-12,14H2. The number of carbonyl (C=O) groups is 1. The highest BCUT2D eigenvalue weighted by atomic mass is 79.9. The number of hydrogen-bond donors (Lipinski definition) is 1. The van der Waals surface area contributed by atoms with Crippen LogP contribution in [0.3, 0.4) is 0 Å². The van der Waals surface area contributed by atoms with Crippen LogP contribution in [0.4, 0.5) is 0 Å². The van der Waals surface area contributed by atoms with E-state index in [0.717, 1.165) is 23.4 Å². The molecule has 1 aromatic heterocycles. The SMILES string of the molecule is C=CCNS(=O)(=O)c1cccc(C(=O)N2CCN(Cc3ccc(Br)s3)CC2)c1. The highest BCUT2D eigenvalue weighted by molar-refractivity contribution is 9.11. The van der Waals surface area contributed by atoms with Crippen molar-refractivity contribution in [1.29, 1.82) is 0 Å². The molecule has 28 heavy (non-hydrogen) atoms. The highest BCUT2D eigenvalue weighted by Crippen LogP contribution is 2.24. The summed E-state index contributed by atoms with van der Waals surface area (Å²) >= 11 is 5.20. The summed E-state index contributed by atoms with van der Waals surface area (Å²) in [5.74, 6) is -0.140. The summed E-state index contributed by atoms with van der Waals surface area (Å²) < 4.78 is 28.1. The van der Waals surface area contributed by atoms with Gasteiger partial charge in [-0.05, 0) is 46.3 Å². The second-order valence-electron chi connectivity index (χ2n) is 6.44. The van der Waals surface area contributed by atoms with Crippen molar-refractivity contribution in [3.05, 3.63) is 63.3 Å². The van der Waals surface area contributed by atoms with Crippen LogP contribution in [0.25, 0.3) is 0 Å². The van der Waals surface area contributed by atoms with Crippen LogP contribution in [0.1, 0.15) is 15.2 Å². The van der Waals surface area contributed by atoms with Gasteiger partial charge in [-0.25, -0.2) is 13.1 Å². The number of thiophene rings is 1. The summed E-state index contributed by atoms with van der Waals surface area (Å²) in [6.45, 7) is 7.35. The van der Waals surface area contributed by atoms with Crippen molar-refractivity contribution in [3.8, 4) is 0 Å². The van der Waals surface area contributed by atoms with Crippen molar-refractivity contribution >= 4 is 43.2 Å². The average molecular weight is 484 g/mol. The topological polar surface area (TPSA) is 69.7 Å². The molecule has 0 saturated carbocycles. The molecule has 0 aliphatic carbocycles. The Labute approximate surface area is 178 Å². The third-order valence-corrected chi connectivity index (χ3v) is 7.51. The van der Waals surface area contributed by atoms with Crippen LogP contribution in [0.2, 0.25) is 0 Å². The lowest BCUT2D eigenvalue weighted by molar-refractivity contribution is 0.0629. The first-order valence-electron chi connectivity index (χ1n) is 8.85. The fraction of sp³-hybridized carbons (Fsp3) is 0.316. The second kappa shape index (κ2) is 9.32. The predicted octanol–water partition coefficient (Wildman–Crippen LogP) is 2.93. The summed E-state index contributed by atoms with van der Waals surface area (Å²) in [6.07, 6.45) is 1.47. The maximum absolute atomic E-state index is 12.8. The maximum Gasteiger partial charge on any atom is 0.253 e. The van der Waals surface area contributed by atoms with Gasteiger partial charge in [-0.15, -0.1) is 17.9 Å². The molecule has 0 atom stereocenters. The Balaban J connectivity index is 1.62. The van der Waals surface area contributed by atoms with Gasteiger partial charge in [0.25, 0.3) is 5.91 Å².